The maximum Gasteiger partial charge on any atom is 0.189 e. The summed E-state index contributed by atoms with van der Waals surface area (Å²) in [6, 6.07) is 3.43. The van der Waals surface area contributed by atoms with Crippen molar-refractivity contribution in [3.63, 3.8) is 0 Å². The van der Waals surface area contributed by atoms with Crippen LogP contribution in [-0.4, -0.2) is 10.9 Å². The molecule has 0 unspecified atom stereocenters. The van der Waals surface area contributed by atoms with Crippen LogP contribution >= 0.6 is 0 Å². The van der Waals surface area contributed by atoms with E-state index in [4.69, 9.17) is 0 Å². The third kappa shape index (κ3) is 1.78. The van der Waals surface area contributed by atoms with Crippen molar-refractivity contribution in [1.29, 1.82) is 0 Å². The van der Waals surface area contributed by atoms with E-state index in [1.54, 1.807) is 13.0 Å². The molecule has 1 aromatic carbocycles. The molecular weight excluding hydrogens is 164 g/mol. The van der Waals surface area contributed by atoms with E-state index in [1.165, 1.54) is 6.08 Å². The number of carbonyl (C=O) groups is 1. The first-order chi connectivity index (χ1) is 6.06. The molecule has 2 nitrogen and oxygen atoms in total. The number of aryl methyl sites for hydroxylation is 2. The Kier molecular flexibility index (Phi) is 2.52. The molecule has 0 atom stereocenters. The first-order valence-electron chi connectivity index (χ1n) is 4.03. The average Bonchev–Trinajstić information content (AvgIpc) is 2.02. The first-order valence-corrected chi connectivity index (χ1v) is 4.03. The molecule has 0 saturated carbocycles. The van der Waals surface area contributed by atoms with Gasteiger partial charge in [0.1, 0.15) is 5.75 Å². The summed E-state index contributed by atoms with van der Waals surface area (Å²) in [5.74, 6) is -0.211. The van der Waals surface area contributed by atoms with Crippen LogP contribution in [0.15, 0.2) is 24.8 Å². The maximum absolute atomic E-state index is 11.3. The van der Waals surface area contributed by atoms with E-state index < -0.39 is 0 Å². The van der Waals surface area contributed by atoms with Gasteiger partial charge in [0, 0.05) is 0 Å². The zero-order valence-corrected chi connectivity index (χ0v) is 7.79. The third-order valence-corrected chi connectivity index (χ3v) is 1.89. The highest BCUT2D eigenvalue weighted by Gasteiger charge is 2.11. The molecule has 68 valence electrons. The van der Waals surface area contributed by atoms with Crippen molar-refractivity contribution in [2.24, 2.45) is 0 Å². The Hall–Kier alpha value is -1.57. The van der Waals surface area contributed by atoms with Gasteiger partial charge in [0.05, 0.1) is 5.56 Å². The summed E-state index contributed by atoms with van der Waals surface area (Å²) >= 11 is 0. The Labute approximate surface area is 77.5 Å². The van der Waals surface area contributed by atoms with Gasteiger partial charge < -0.3 is 5.11 Å². The van der Waals surface area contributed by atoms with Crippen LogP contribution in [-0.2, 0) is 0 Å². The third-order valence-electron chi connectivity index (χ3n) is 1.89. The molecule has 0 radical (unpaired) electrons. The lowest BCUT2D eigenvalue weighted by Crippen LogP contribution is -1.98. The van der Waals surface area contributed by atoms with Gasteiger partial charge in [-0.25, -0.2) is 0 Å². The number of rotatable bonds is 2. The molecule has 0 spiro atoms. The summed E-state index contributed by atoms with van der Waals surface area (Å²) in [4.78, 5) is 11.3. The summed E-state index contributed by atoms with van der Waals surface area (Å²) in [6.07, 6.45) is 1.21. The molecule has 0 saturated heterocycles. The van der Waals surface area contributed by atoms with Crippen LogP contribution in [0.2, 0.25) is 0 Å². The van der Waals surface area contributed by atoms with Crippen molar-refractivity contribution in [1.82, 2.24) is 0 Å². The maximum atomic E-state index is 11.3. The first kappa shape index (κ1) is 9.52. The molecule has 1 N–H and O–H groups in total. The second kappa shape index (κ2) is 3.44. The van der Waals surface area contributed by atoms with Crippen molar-refractivity contribution in [3.05, 3.63) is 41.5 Å². The Balaban J connectivity index is 3.36. The van der Waals surface area contributed by atoms with Gasteiger partial charge in [-0.05, 0) is 37.1 Å². The molecule has 0 aliphatic carbocycles. The molecule has 0 amide bonds. The highest BCUT2D eigenvalue weighted by atomic mass is 16.3. The lowest BCUT2D eigenvalue weighted by Gasteiger charge is -2.05. The predicted molar refractivity (Wildman–Crippen MR) is 52.1 cm³/mol. The van der Waals surface area contributed by atoms with Crippen LogP contribution in [0.5, 0.6) is 5.75 Å². The molecule has 0 aromatic heterocycles. The molecule has 0 bridgehead atoms. The smallest absolute Gasteiger partial charge is 0.189 e. The number of benzene rings is 1. The van der Waals surface area contributed by atoms with Crippen LogP contribution < -0.4 is 0 Å². The average molecular weight is 176 g/mol. The van der Waals surface area contributed by atoms with E-state index in [1.807, 2.05) is 13.0 Å². The van der Waals surface area contributed by atoms with E-state index in [9.17, 15) is 9.90 Å². The summed E-state index contributed by atoms with van der Waals surface area (Å²) in [6.45, 7) is 7.05. The summed E-state index contributed by atoms with van der Waals surface area (Å²) in [5, 5.41) is 9.51. The number of phenols is 1. The Bertz CT molecular complexity index is 341. The van der Waals surface area contributed by atoms with Crippen molar-refractivity contribution >= 4 is 5.78 Å². The van der Waals surface area contributed by atoms with E-state index in [0.29, 0.717) is 5.56 Å². The van der Waals surface area contributed by atoms with Gasteiger partial charge in [0.25, 0.3) is 0 Å². The number of carbonyl (C=O) groups excluding carboxylic acids is 1. The van der Waals surface area contributed by atoms with Gasteiger partial charge in [-0.3, -0.25) is 4.79 Å². The highest BCUT2D eigenvalue weighted by Crippen LogP contribution is 2.23. The fourth-order valence-corrected chi connectivity index (χ4v) is 1.37. The van der Waals surface area contributed by atoms with Gasteiger partial charge in [-0.2, -0.15) is 0 Å². The number of ketones is 1. The summed E-state index contributed by atoms with van der Waals surface area (Å²) in [5.41, 5.74) is 2.07. The summed E-state index contributed by atoms with van der Waals surface area (Å²) < 4.78 is 0. The number of hydrogen-bond acceptors (Lipinski definition) is 2. The standard InChI is InChI=1S/C11H12O2/c1-4-9(12)11-8(3)5-7(2)6-10(11)13/h4-6,13H,1H2,2-3H3. The van der Waals surface area contributed by atoms with E-state index in [-0.39, 0.29) is 11.5 Å². The molecule has 1 rings (SSSR count). The molecule has 0 aliphatic heterocycles. The normalized spacial score (nSPS) is 9.69. The molecule has 1 aromatic rings. The van der Waals surface area contributed by atoms with Gasteiger partial charge in [-0.15, -0.1) is 0 Å². The fraction of sp³-hybridized carbons (Fsp3) is 0.182. The SMILES string of the molecule is C=CC(=O)c1c(C)cc(C)cc1O. The van der Waals surface area contributed by atoms with Crippen LogP contribution in [0.4, 0.5) is 0 Å². The molecule has 2 heteroatoms. The zero-order chi connectivity index (χ0) is 10.0. The van der Waals surface area contributed by atoms with Crippen molar-refractivity contribution in [2.45, 2.75) is 13.8 Å². The Morgan fingerprint density at radius 1 is 1.46 bits per heavy atom. The number of allylic oxidation sites excluding steroid dienone is 1. The highest BCUT2D eigenvalue weighted by molar-refractivity contribution is 6.07. The molecule has 0 heterocycles. The minimum absolute atomic E-state index is 0.0300. The van der Waals surface area contributed by atoms with Crippen LogP contribution in [0.1, 0.15) is 21.5 Å². The lowest BCUT2D eigenvalue weighted by atomic mass is 10.0. The van der Waals surface area contributed by atoms with Gasteiger partial charge in [0.15, 0.2) is 5.78 Å². The van der Waals surface area contributed by atoms with Crippen LogP contribution in [0.25, 0.3) is 0 Å². The van der Waals surface area contributed by atoms with E-state index >= 15 is 0 Å². The van der Waals surface area contributed by atoms with Crippen molar-refractivity contribution < 1.29 is 9.90 Å². The Morgan fingerprint density at radius 2 is 2.08 bits per heavy atom. The lowest BCUT2D eigenvalue weighted by molar-refractivity contribution is 0.104. The second-order valence-corrected chi connectivity index (χ2v) is 3.04. The zero-order valence-electron chi connectivity index (χ0n) is 7.79. The topological polar surface area (TPSA) is 37.3 Å². The van der Waals surface area contributed by atoms with Crippen LogP contribution in [0.3, 0.4) is 0 Å². The minimum atomic E-state index is -0.241. The quantitative estimate of drug-likeness (QED) is 0.555. The molecule has 0 fully saturated rings. The van der Waals surface area contributed by atoms with Gasteiger partial charge >= 0.3 is 0 Å². The van der Waals surface area contributed by atoms with E-state index in [0.717, 1.165) is 11.1 Å². The molecule has 13 heavy (non-hydrogen) atoms. The molecule has 0 aliphatic rings. The van der Waals surface area contributed by atoms with Gasteiger partial charge in [-0.1, -0.05) is 12.6 Å². The number of aromatic hydroxyl groups is 1. The van der Waals surface area contributed by atoms with E-state index in [2.05, 4.69) is 6.58 Å². The number of phenolic OH excluding ortho intramolecular Hbond substituents is 1. The Morgan fingerprint density at radius 3 is 2.54 bits per heavy atom. The largest absolute Gasteiger partial charge is 0.507 e. The van der Waals surface area contributed by atoms with Gasteiger partial charge in [0.2, 0.25) is 0 Å². The fourth-order valence-electron chi connectivity index (χ4n) is 1.37. The summed E-state index contributed by atoms with van der Waals surface area (Å²) in [7, 11) is 0. The monoisotopic (exact) mass is 176 g/mol. The predicted octanol–water partition coefficient (Wildman–Crippen LogP) is 2.38. The minimum Gasteiger partial charge on any atom is -0.507 e. The van der Waals surface area contributed by atoms with Crippen molar-refractivity contribution in [2.75, 3.05) is 0 Å². The van der Waals surface area contributed by atoms with Crippen molar-refractivity contribution in [3.8, 4) is 5.75 Å². The molecular formula is C11H12O2. The number of hydrogen-bond donors (Lipinski definition) is 1. The van der Waals surface area contributed by atoms with Crippen LogP contribution in [0, 0.1) is 13.8 Å². The second-order valence-electron chi connectivity index (χ2n) is 3.04.